The van der Waals surface area contributed by atoms with E-state index in [4.69, 9.17) is 23.8 Å². The van der Waals surface area contributed by atoms with Gasteiger partial charge in [-0.05, 0) is 55.5 Å². The number of halogens is 2. The summed E-state index contributed by atoms with van der Waals surface area (Å²) in [6.45, 7) is 1.98. The molecule has 0 aromatic heterocycles. The Kier molecular flexibility index (Phi) is 6.63. The van der Waals surface area contributed by atoms with Crippen molar-refractivity contribution < 1.29 is 18.8 Å². The number of nitrogens with zero attached hydrogens (tertiary/aromatic N) is 2. The Bertz CT molecular complexity index is 1000. The monoisotopic (exact) mass is 448 g/mol. The molecular formula is C20H18ClFN4O3S. The lowest BCUT2D eigenvalue weighted by molar-refractivity contribution is -0.130. The highest BCUT2D eigenvalue weighted by Gasteiger charge is 2.44. The van der Waals surface area contributed by atoms with Crippen LogP contribution in [0, 0.1) is 5.82 Å². The van der Waals surface area contributed by atoms with Gasteiger partial charge in [0.2, 0.25) is 5.91 Å². The van der Waals surface area contributed by atoms with Gasteiger partial charge in [0.1, 0.15) is 11.9 Å². The predicted octanol–water partition coefficient (Wildman–Crippen LogP) is 2.97. The van der Waals surface area contributed by atoms with Crippen molar-refractivity contribution >= 4 is 52.3 Å². The molecule has 30 heavy (non-hydrogen) atoms. The molecule has 156 valence electrons. The van der Waals surface area contributed by atoms with E-state index in [1.165, 1.54) is 23.1 Å². The maximum atomic E-state index is 13.9. The Morgan fingerprint density at radius 1 is 1.17 bits per heavy atom. The van der Waals surface area contributed by atoms with E-state index in [-0.39, 0.29) is 23.6 Å². The first-order valence-corrected chi connectivity index (χ1v) is 9.86. The number of carbonyl (C=O) groups excluding carboxylic acids is 3. The first-order chi connectivity index (χ1) is 14.3. The Morgan fingerprint density at radius 3 is 2.47 bits per heavy atom. The van der Waals surface area contributed by atoms with Gasteiger partial charge in [-0.3, -0.25) is 24.7 Å². The van der Waals surface area contributed by atoms with E-state index in [0.717, 1.165) is 11.1 Å². The van der Waals surface area contributed by atoms with Crippen LogP contribution in [0.5, 0.6) is 0 Å². The maximum absolute atomic E-state index is 13.9. The fourth-order valence-corrected chi connectivity index (χ4v) is 3.50. The summed E-state index contributed by atoms with van der Waals surface area (Å²) in [6.07, 6.45) is -0.268. The van der Waals surface area contributed by atoms with Crippen molar-refractivity contribution in [2.45, 2.75) is 19.4 Å². The SMILES string of the molecule is CCN1C(=O)C(CC(=O)Nc2ccc(Cl)cc2)N(NC(=O)c2ccccc2F)C1=S. The molecule has 0 bridgehead atoms. The van der Waals surface area contributed by atoms with E-state index in [9.17, 15) is 18.8 Å². The van der Waals surface area contributed by atoms with E-state index in [1.807, 2.05) is 0 Å². The van der Waals surface area contributed by atoms with Crippen LogP contribution < -0.4 is 10.7 Å². The van der Waals surface area contributed by atoms with Gasteiger partial charge in [0.25, 0.3) is 11.8 Å². The standard InChI is InChI=1S/C20H18ClFN4O3S/c1-2-25-19(29)16(11-17(27)23-13-9-7-12(21)8-10-13)26(20(25)30)24-18(28)14-5-3-4-6-15(14)22/h3-10,16H,2,11H2,1H3,(H,23,27)(H,24,28). The summed E-state index contributed by atoms with van der Waals surface area (Å²) in [7, 11) is 0. The quantitative estimate of drug-likeness (QED) is 0.664. The zero-order valence-corrected chi connectivity index (χ0v) is 17.5. The normalized spacial score (nSPS) is 16.0. The number of anilines is 1. The molecule has 2 aromatic carbocycles. The number of likely N-dealkylation sites (N-methyl/N-ethyl adjacent to an activating group) is 1. The molecule has 1 heterocycles. The van der Waals surface area contributed by atoms with Crippen molar-refractivity contribution in [3.8, 4) is 0 Å². The second-order valence-electron chi connectivity index (χ2n) is 6.43. The molecule has 1 unspecified atom stereocenters. The predicted molar refractivity (Wildman–Crippen MR) is 114 cm³/mol. The highest BCUT2D eigenvalue weighted by atomic mass is 35.5. The highest BCUT2D eigenvalue weighted by Crippen LogP contribution is 2.21. The molecule has 2 N–H and O–H groups in total. The number of hydrogen-bond acceptors (Lipinski definition) is 4. The van der Waals surface area contributed by atoms with Gasteiger partial charge < -0.3 is 5.32 Å². The highest BCUT2D eigenvalue weighted by molar-refractivity contribution is 7.80. The number of rotatable bonds is 6. The van der Waals surface area contributed by atoms with Crippen LogP contribution in [-0.2, 0) is 9.59 Å². The minimum Gasteiger partial charge on any atom is -0.326 e. The van der Waals surface area contributed by atoms with Gasteiger partial charge >= 0.3 is 0 Å². The molecule has 1 aliphatic heterocycles. The van der Waals surface area contributed by atoms with E-state index < -0.39 is 29.6 Å². The lowest BCUT2D eigenvalue weighted by Gasteiger charge is -2.24. The largest absolute Gasteiger partial charge is 0.326 e. The van der Waals surface area contributed by atoms with Crippen LogP contribution in [-0.4, -0.2) is 45.3 Å². The van der Waals surface area contributed by atoms with Gasteiger partial charge in [-0.15, -0.1) is 0 Å². The summed E-state index contributed by atoms with van der Waals surface area (Å²) < 4.78 is 13.9. The molecule has 0 spiro atoms. The molecule has 1 atom stereocenters. The summed E-state index contributed by atoms with van der Waals surface area (Å²) in [6, 6.07) is 10.9. The van der Waals surface area contributed by atoms with E-state index in [2.05, 4.69) is 10.7 Å². The van der Waals surface area contributed by atoms with Crippen LogP contribution in [0.4, 0.5) is 10.1 Å². The van der Waals surface area contributed by atoms with Crippen LogP contribution >= 0.6 is 23.8 Å². The van der Waals surface area contributed by atoms with E-state index >= 15 is 0 Å². The Morgan fingerprint density at radius 2 is 1.83 bits per heavy atom. The van der Waals surface area contributed by atoms with Gasteiger partial charge in [-0.2, -0.15) is 0 Å². The van der Waals surface area contributed by atoms with E-state index in [1.54, 1.807) is 31.2 Å². The first-order valence-electron chi connectivity index (χ1n) is 9.07. The Labute approximate surface area is 182 Å². The molecule has 10 heteroatoms. The van der Waals surface area contributed by atoms with Crippen molar-refractivity contribution in [2.75, 3.05) is 11.9 Å². The van der Waals surface area contributed by atoms with Crippen molar-refractivity contribution in [2.24, 2.45) is 0 Å². The molecule has 1 aliphatic rings. The van der Waals surface area contributed by atoms with Crippen LogP contribution in [0.15, 0.2) is 48.5 Å². The third kappa shape index (κ3) is 4.58. The number of thiocarbonyl (C=S) groups is 1. The average Bonchev–Trinajstić information content (AvgIpc) is 2.93. The van der Waals surface area contributed by atoms with Crippen LogP contribution in [0.25, 0.3) is 0 Å². The molecule has 0 aliphatic carbocycles. The van der Waals surface area contributed by atoms with Crippen LogP contribution in [0.3, 0.4) is 0 Å². The molecule has 0 saturated carbocycles. The number of hydrazine groups is 1. The number of carbonyl (C=O) groups is 3. The second kappa shape index (κ2) is 9.19. The van der Waals surface area contributed by atoms with E-state index in [0.29, 0.717) is 10.7 Å². The number of amides is 3. The molecule has 0 radical (unpaired) electrons. The van der Waals surface area contributed by atoms with Gasteiger partial charge in [0.05, 0.1) is 12.0 Å². The van der Waals surface area contributed by atoms with Crippen molar-refractivity contribution in [3.63, 3.8) is 0 Å². The topological polar surface area (TPSA) is 81.8 Å². The molecule has 2 aromatic rings. The fraction of sp³-hybridized carbons (Fsp3) is 0.200. The second-order valence-corrected chi connectivity index (χ2v) is 7.23. The molecule has 3 rings (SSSR count). The van der Waals surface area contributed by atoms with Crippen LogP contribution in [0.2, 0.25) is 5.02 Å². The lowest BCUT2D eigenvalue weighted by Crippen LogP contribution is -2.49. The zero-order chi connectivity index (χ0) is 21.8. The summed E-state index contributed by atoms with van der Waals surface area (Å²) in [5.41, 5.74) is 2.76. The fourth-order valence-electron chi connectivity index (χ4n) is 2.98. The number of nitrogens with one attached hydrogen (secondary N) is 2. The number of hydrogen-bond donors (Lipinski definition) is 2. The van der Waals surface area contributed by atoms with Gasteiger partial charge in [-0.25, -0.2) is 9.40 Å². The Hall–Kier alpha value is -3.04. The van der Waals surface area contributed by atoms with Crippen molar-refractivity contribution in [1.29, 1.82) is 0 Å². The van der Waals surface area contributed by atoms with Crippen LogP contribution in [0.1, 0.15) is 23.7 Å². The van der Waals surface area contributed by atoms with Crippen molar-refractivity contribution in [1.82, 2.24) is 15.3 Å². The lowest BCUT2D eigenvalue weighted by atomic mass is 10.1. The summed E-state index contributed by atoms with van der Waals surface area (Å²) in [5, 5.41) is 4.36. The van der Waals surface area contributed by atoms with Crippen molar-refractivity contribution in [3.05, 3.63) is 64.9 Å². The van der Waals surface area contributed by atoms with Gasteiger partial charge in [0.15, 0.2) is 5.11 Å². The summed E-state index contributed by atoms with van der Waals surface area (Å²) in [4.78, 5) is 39.1. The Balaban J connectivity index is 1.77. The summed E-state index contributed by atoms with van der Waals surface area (Å²) >= 11 is 11.1. The van der Waals surface area contributed by atoms with Gasteiger partial charge in [0, 0.05) is 17.3 Å². The molecule has 1 saturated heterocycles. The third-order valence-electron chi connectivity index (χ3n) is 4.46. The minimum atomic E-state index is -1.06. The zero-order valence-electron chi connectivity index (χ0n) is 15.9. The first kappa shape index (κ1) is 21.7. The molecular weight excluding hydrogens is 431 g/mol. The molecule has 7 nitrogen and oxygen atoms in total. The summed E-state index contributed by atoms with van der Waals surface area (Å²) in [5.74, 6) is -2.37. The van der Waals surface area contributed by atoms with Gasteiger partial charge in [-0.1, -0.05) is 23.7 Å². The number of benzene rings is 2. The molecule has 3 amide bonds. The average molecular weight is 449 g/mol. The maximum Gasteiger partial charge on any atom is 0.272 e. The smallest absolute Gasteiger partial charge is 0.272 e. The minimum absolute atomic E-state index is 0.0384. The molecule has 1 fully saturated rings. The third-order valence-corrected chi connectivity index (χ3v) is 5.13.